The van der Waals surface area contributed by atoms with Crippen LogP contribution in [0.2, 0.25) is 0 Å². The molecule has 16 heavy (non-hydrogen) atoms. The first kappa shape index (κ1) is 11.0. The molecule has 1 aromatic carbocycles. The van der Waals surface area contributed by atoms with Crippen molar-refractivity contribution in [2.24, 2.45) is 7.05 Å². The summed E-state index contributed by atoms with van der Waals surface area (Å²) in [7, 11) is 1.94. The number of aromatic nitrogens is 1. The van der Waals surface area contributed by atoms with Crippen molar-refractivity contribution in [2.75, 3.05) is 0 Å². The molecule has 0 aliphatic heterocycles. The Balaban J connectivity index is 2.61. The molecule has 82 valence electrons. The number of hydrogen-bond acceptors (Lipinski definition) is 1. The lowest BCUT2D eigenvalue weighted by Crippen LogP contribution is -1.85. The monoisotopic (exact) mass is 279 g/mol. The Morgan fingerprint density at radius 1 is 1.50 bits per heavy atom. The van der Waals surface area contributed by atoms with Gasteiger partial charge >= 0.3 is 5.97 Å². The molecule has 0 spiro atoms. The molecule has 3 nitrogen and oxygen atoms in total. The molecular formula is C12H10BrNO2. The SMILES string of the molecule is Cn1cc(/C=C\C(=O)O)c2cc(Br)ccc21. The number of rotatable bonds is 2. The Kier molecular flexibility index (Phi) is 2.83. The lowest BCUT2D eigenvalue weighted by molar-refractivity contribution is -0.131. The fraction of sp³-hybridized carbons (Fsp3) is 0.0833. The summed E-state index contributed by atoms with van der Waals surface area (Å²) < 4.78 is 2.96. The number of hydrogen-bond donors (Lipinski definition) is 1. The normalized spacial score (nSPS) is 11.4. The van der Waals surface area contributed by atoms with Gasteiger partial charge in [-0.25, -0.2) is 4.79 Å². The Bertz CT molecular complexity index is 584. The summed E-state index contributed by atoms with van der Waals surface area (Å²) in [6.07, 6.45) is 4.67. The second-order valence-corrected chi connectivity index (χ2v) is 4.44. The highest BCUT2D eigenvalue weighted by atomic mass is 79.9. The first-order valence-electron chi connectivity index (χ1n) is 4.73. The summed E-state index contributed by atoms with van der Waals surface area (Å²) in [5.74, 6) is -0.938. The van der Waals surface area contributed by atoms with Crippen LogP contribution in [0.4, 0.5) is 0 Å². The largest absolute Gasteiger partial charge is 0.478 e. The first-order valence-corrected chi connectivity index (χ1v) is 5.53. The number of halogens is 1. The molecule has 0 fully saturated rings. The topological polar surface area (TPSA) is 42.2 Å². The molecule has 4 heteroatoms. The van der Waals surface area contributed by atoms with Crippen molar-refractivity contribution in [1.82, 2.24) is 4.57 Å². The molecular weight excluding hydrogens is 270 g/mol. The minimum absolute atomic E-state index is 0.904. The number of aryl methyl sites for hydroxylation is 1. The van der Waals surface area contributed by atoms with Crippen LogP contribution in [0.3, 0.4) is 0 Å². The molecule has 0 amide bonds. The Labute approximate surface area is 101 Å². The van der Waals surface area contributed by atoms with Gasteiger partial charge in [-0.2, -0.15) is 0 Å². The summed E-state index contributed by atoms with van der Waals surface area (Å²) in [6.45, 7) is 0. The summed E-state index contributed by atoms with van der Waals surface area (Å²) in [5.41, 5.74) is 1.98. The van der Waals surface area contributed by atoms with Crippen molar-refractivity contribution in [3.8, 4) is 0 Å². The molecule has 2 aromatic rings. The van der Waals surface area contributed by atoms with Crippen LogP contribution in [0, 0.1) is 0 Å². The summed E-state index contributed by atoms with van der Waals surface area (Å²) in [4.78, 5) is 10.5. The molecule has 0 aliphatic rings. The number of carboxylic acid groups (broad SMARTS) is 1. The van der Waals surface area contributed by atoms with E-state index in [4.69, 9.17) is 5.11 Å². The maximum Gasteiger partial charge on any atom is 0.328 e. The molecule has 0 saturated heterocycles. The van der Waals surface area contributed by atoms with E-state index < -0.39 is 5.97 Å². The van der Waals surface area contributed by atoms with Gasteiger partial charge in [-0.1, -0.05) is 15.9 Å². The highest BCUT2D eigenvalue weighted by Crippen LogP contribution is 2.25. The fourth-order valence-corrected chi connectivity index (χ4v) is 2.05. The van der Waals surface area contributed by atoms with E-state index >= 15 is 0 Å². The van der Waals surface area contributed by atoms with Crippen LogP contribution < -0.4 is 0 Å². The molecule has 0 unspecified atom stereocenters. The molecule has 0 aliphatic carbocycles. The van der Waals surface area contributed by atoms with Gasteiger partial charge in [-0.05, 0) is 24.3 Å². The Hall–Kier alpha value is -1.55. The number of nitrogens with zero attached hydrogens (tertiary/aromatic N) is 1. The van der Waals surface area contributed by atoms with Crippen LogP contribution in [0.5, 0.6) is 0 Å². The highest BCUT2D eigenvalue weighted by Gasteiger charge is 2.04. The lowest BCUT2D eigenvalue weighted by Gasteiger charge is -1.95. The summed E-state index contributed by atoms with van der Waals surface area (Å²) >= 11 is 3.41. The average Bonchev–Trinajstić information content (AvgIpc) is 2.52. The van der Waals surface area contributed by atoms with Gasteiger partial charge in [0, 0.05) is 40.3 Å². The van der Waals surface area contributed by atoms with Gasteiger partial charge in [0.15, 0.2) is 0 Å². The van der Waals surface area contributed by atoms with Gasteiger partial charge in [0.1, 0.15) is 0 Å². The van der Waals surface area contributed by atoms with Crippen molar-refractivity contribution >= 4 is 38.9 Å². The van der Waals surface area contributed by atoms with Gasteiger partial charge in [0.25, 0.3) is 0 Å². The van der Waals surface area contributed by atoms with Crippen LogP contribution in [-0.2, 0) is 11.8 Å². The third-order valence-electron chi connectivity index (χ3n) is 2.39. The number of carboxylic acids is 1. The average molecular weight is 280 g/mol. The molecule has 1 heterocycles. The van der Waals surface area contributed by atoms with Crippen LogP contribution in [0.15, 0.2) is 34.9 Å². The minimum atomic E-state index is -0.938. The zero-order chi connectivity index (χ0) is 11.7. The molecule has 0 saturated carbocycles. The third kappa shape index (κ3) is 2.02. The van der Waals surface area contributed by atoms with Gasteiger partial charge in [0.2, 0.25) is 0 Å². The number of aliphatic carboxylic acids is 1. The molecule has 0 atom stereocenters. The van der Waals surface area contributed by atoms with E-state index in [1.807, 2.05) is 36.0 Å². The van der Waals surface area contributed by atoms with Crippen molar-refractivity contribution in [2.45, 2.75) is 0 Å². The van der Waals surface area contributed by atoms with Crippen molar-refractivity contribution < 1.29 is 9.90 Å². The van der Waals surface area contributed by atoms with E-state index in [1.165, 1.54) is 0 Å². The molecule has 2 rings (SSSR count). The molecule has 1 N–H and O–H groups in total. The predicted octanol–water partition coefficient (Wildman–Crippen LogP) is 3.04. The second kappa shape index (κ2) is 4.14. The quantitative estimate of drug-likeness (QED) is 0.859. The third-order valence-corrected chi connectivity index (χ3v) is 2.88. The van der Waals surface area contributed by atoms with E-state index in [0.29, 0.717) is 0 Å². The van der Waals surface area contributed by atoms with Crippen LogP contribution >= 0.6 is 15.9 Å². The summed E-state index contributed by atoms with van der Waals surface area (Å²) in [6, 6.07) is 5.95. The van der Waals surface area contributed by atoms with Crippen LogP contribution in [0.25, 0.3) is 17.0 Å². The van der Waals surface area contributed by atoms with E-state index in [0.717, 1.165) is 27.0 Å². The predicted molar refractivity (Wildman–Crippen MR) is 67.3 cm³/mol. The van der Waals surface area contributed by atoms with Gasteiger partial charge in [0.05, 0.1) is 0 Å². The smallest absolute Gasteiger partial charge is 0.328 e. The second-order valence-electron chi connectivity index (χ2n) is 3.53. The first-order chi connectivity index (χ1) is 7.58. The molecule has 1 aromatic heterocycles. The molecule has 0 bridgehead atoms. The lowest BCUT2D eigenvalue weighted by atomic mass is 10.1. The van der Waals surface area contributed by atoms with Gasteiger partial charge in [-0.3, -0.25) is 0 Å². The summed E-state index contributed by atoms with van der Waals surface area (Å²) in [5, 5.41) is 9.64. The van der Waals surface area contributed by atoms with E-state index in [2.05, 4.69) is 15.9 Å². The minimum Gasteiger partial charge on any atom is -0.478 e. The molecule has 0 radical (unpaired) electrons. The van der Waals surface area contributed by atoms with E-state index in [-0.39, 0.29) is 0 Å². The fourth-order valence-electron chi connectivity index (χ4n) is 1.69. The zero-order valence-electron chi connectivity index (χ0n) is 8.64. The van der Waals surface area contributed by atoms with Gasteiger partial charge < -0.3 is 9.67 Å². The number of carbonyl (C=O) groups is 1. The van der Waals surface area contributed by atoms with Crippen LogP contribution in [-0.4, -0.2) is 15.6 Å². The van der Waals surface area contributed by atoms with Crippen LogP contribution in [0.1, 0.15) is 5.56 Å². The standard InChI is InChI=1S/C12H10BrNO2/c1-14-7-8(2-5-12(15)16)10-6-9(13)3-4-11(10)14/h2-7H,1H3,(H,15,16)/b5-2-. The number of fused-ring (bicyclic) bond motifs is 1. The highest BCUT2D eigenvalue weighted by molar-refractivity contribution is 9.10. The van der Waals surface area contributed by atoms with Crippen molar-refractivity contribution in [1.29, 1.82) is 0 Å². The zero-order valence-corrected chi connectivity index (χ0v) is 10.2. The Morgan fingerprint density at radius 3 is 2.94 bits per heavy atom. The van der Waals surface area contributed by atoms with Gasteiger partial charge in [-0.15, -0.1) is 0 Å². The van der Waals surface area contributed by atoms with E-state index in [9.17, 15) is 4.79 Å². The maximum absolute atomic E-state index is 10.5. The maximum atomic E-state index is 10.5. The number of benzene rings is 1. The van der Waals surface area contributed by atoms with E-state index in [1.54, 1.807) is 6.08 Å². The Morgan fingerprint density at radius 2 is 2.25 bits per heavy atom. The van der Waals surface area contributed by atoms with Crippen molar-refractivity contribution in [3.05, 3.63) is 40.5 Å². The van der Waals surface area contributed by atoms with Crippen molar-refractivity contribution in [3.63, 3.8) is 0 Å².